The van der Waals surface area contributed by atoms with Crippen LogP contribution in [-0.4, -0.2) is 30.6 Å². The molecule has 0 amide bonds. The first-order valence-corrected chi connectivity index (χ1v) is 8.55. The number of hydrogen-bond acceptors (Lipinski definition) is 2. The summed E-state index contributed by atoms with van der Waals surface area (Å²) in [6, 6.07) is 20.2. The van der Waals surface area contributed by atoms with Gasteiger partial charge in [0, 0.05) is 32.2 Å². The minimum absolute atomic E-state index is 0.614. The van der Waals surface area contributed by atoms with Crippen molar-refractivity contribution in [1.82, 2.24) is 10.2 Å². The molecule has 0 aliphatic carbocycles. The van der Waals surface area contributed by atoms with Gasteiger partial charge >= 0.3 is 0 Å². The molecule has 0 spiro atoms. The number of hydrogen-bond donors (Lipinski definition) is 1. The van der Waals surface area contributed by atoms with Gasteiger partial charge in [0.15, 0.2) is 0 Å². The van der Waals surface area contributed by atoms with Gasteiger partial charge in [0.25, 0.3) is 0 Å². The summed E-state index contributed by atoms with van der Waals surface area (Å²) in [5.41, 5.74) is 4.02. The molecular formula is C21H26N2. The van der Waals surface area contributed by atoms with E-state index in [0.29, 0.717) is 6.04 Å². The first kappa shape index (κ1) is 16.0. The summed E-state index contributed by atoms with van der Waals surface area (Å²) in [7, 11) is 0. The molecule has 1 aliphatic heterocycles. The molecule has 1 unspecified atom stereocenters. The second-order valence-corrected chi connectivity index (χ2v) is 6.30. The quantitative estimate of drug-likeness (QED) is 0.874. The van der Waals surface area contributed by atoms with Gasteiger partial charge in [0.2, 0.25) is 0 Å². The summed E-state index contributed by atoms with van der Waals surface area (Å²) in [6.07, 6.45) is 4.23. The summed E-state index contributed by atoms with van der Waals surface area (Å²) in [6.45, 7) is 8.20. The first-order valence-electron chi connectivity index (χ1n) is 8.55. The maximum atomic E-state index is 3.81. The van der Waals surface area contributed by atoms with Crippen LogP contribution in [0.25, 0.3) is 6.08 Å². The maximum Gasteiger partial charge on any atom is 0.0237 e. The second-order valence-electron chi connectivity index (χ2n) is 6.30. The van der Waals surface area contributed by atoms with Gasteiger partial charge in [-0.1, -0.05) is 67.3 Å². The fourth-order valence-corrected chi connectivity index (χ4v) is 3.27. The molecule has 0 radical (unpaired) electrons. The minimum atomic E-state index is 0.614. The third-order valence-electron chi connectivity index (χ3n) is 4.68. The molecule has 1 saturated heterocycles. The van der Waals surface area contributed by atoms with Crippen molar-refractivity contribution in [1.29, 1.82) is 0 Å². The lowest BCUT2D eigenvalue weighted by atomic mass is 10.0. The van der Waals surface area contributed by atoms with Gasteiger partial charge in [0.1, 0.15) is 0 Å². The molecule has 1 atom stereocenters. The van der Waals surface area contributed by atoms with Gasteiger partial charge in [-0.05, 0) is 29.5 Å². The Bertz CT molecular complexity index is 603. The molecule has 1 heterocycles. The Labute approximate surface area is 139 Å². The highest BCUT2D eigenvalue weighted by Gasteiger charge is 2.21. The van der Waals surface area contributed by atoms with E-state index in [-0.39, 0.29) is 0 Å². The topological polar surface area (TPSA) is 15.3 Å². The van der Waals surface area contributed by atoms with E-state index in [4.69, 9.17) is 0 Å². The maximum absolute atomic E-state index is 3.81. The molecule has 1 N–H and O–H groups in total. The number of piperazine rings is 1. The van der Waals surface area contributed by atoms with Crippen LogP contribution in [0.5, 0.6) is 0 Å². The summed E-state index contributed by atoms with van der Waals surface area (Å²) < 4.78 is 0. The minimum Gasteiger partial charge on any atom is -0.314 e. The van der Waals surface area contributed by atoms with Crippen LogP contribution in [0, 0.1) is 0 Å². The van der Waals surface area contributed by atoms with Crippen LogP contribution in [0.15, 0.2) is 61.2 Å². The van der Waals surface area contributed by atoms with Crippen molar-refractivity contribution in [3.8, 4) is 0 Å². The first-order chi connectivity index (χ1) is 11.3. The largest absolute Gasteiger partial charge is 0.314 e. The number of nitrogens with zero attached hydrogens (tertiary/aromatic N) is 1. The van der Waals surface area contributed by atoms with Crippen LogP contribution >= 0.6 is 0 Å². The van der Waals surface area contributed by atoms with Crippen molar-refractivity contribution in [2.75, 3.05) is 19.6 Å². The zero-order valence-corrected chi connectivity index (χ0v) is 13.7. The highest BCUT2D eigenvalue weighted by atomic mass is 15.2. The van der Waals surface area contributed by atoms with Gasteiger partial charge < -0.3 is 5.32 Å². The average Bonchev–Trinajstić information content (AvgIpc) is 2.62. The smallest absolute Gasteiger partial charge is 0.0237 e. The predicted molar refractivity (Wildman–Crippen MR) is 98.4 cm³/mol. The van der Waals surface area contributed by atoms with Crippen molar-refractivity contribution in [2.24, 2.45) is 0 Å². The number of benzene rings is 2. The van der Waals surface area contributed by atoms with Gasteiger partial charge in [-0.3, -0.25) is 4.90 Å². The molecule has 0 saturated carbocycles. The molecule has 23 heavy (non-hydrogen) atoms. The average molecular weight is 306 g/mol. The van der Waals surface area contributed by atoms with Crippen LogP contribution in [0.4, 0.5) is 0 Å². The van der Waals surface area contributed by atoms with Gasteiger partial charge in [-0.15, -0.1) is 0 Å². The van der Waals surface area contributed by atoms with Crippen LogP contribution in [0.3, 0.4) is 0 Å². The lowest BCUT2D eigenvalue weighted by Gasteiger charge is -2.36. The van der Waals surface area contributed by atoms with Crippen molar-refractivity contribution in [3.63, 3.8) is 0 Å². The lowest BCUT2D eigenvalue weighted by molar-refractivity contribution is 0.145. The molecule has 120 valence electrons. The molecule has 3 rings (SSSR count). The molecule has 0 aromatic heterocycles. The summed E-state index contributed by atoms with van der Waals surface area (Å²) in [5, 5.41) is 3.55. The van der Waals surface area contributed by atoms with E-state index in [0.717, 1.165) is 32.6 Å². The van der Waals surface area contributed by atoms with Gasteiger partial charge in [-0.2, -0.15) is 0 Å². The molecule has 2 heteroatoms. The van der Waals surface area contributed by atoms with Crippen LogP contribution in [-0.2, 0) is 13.0 Å². The van der Waals surface area contributed by atoms with E-state index in [1.165, 1.54) is 23.1 Å². The summed E-state index contributed by atoms with van der Waals surface area (Å²) >= 11 is 0. The molecule has 2 aromatic carbocycles. The van der Waals surface area contributed by atoms with Crippen molar-refractivity contribution >= 4 is 6.08 Å². The van der Waals surface area contributed by atoms with Gasteiger partial charge in [0.05, 0.1) is 0 Å². The third kappa shape index (κ3) is 4.54. The van der Waals surface area contributed by atoms with E-state index in [9.17, 15) is 0 Å². The Hall–Kier alpha value is -1.90. The zero-order chi connectivity index (χ0) is 15.9. The van der Waals surface area contributed by atoms with E-state index >= 15 is 0 Å². The van der Waals surface area contributed by atoms with Crippen molar-refractivity contribution in [2.45, 2.75) is 25.4 Å². The lowest BCUT2D eigenvalue weighted by Crippen LogP contribution is -2.50. The molecule has 1 aliphatic rings. The van der Waals surface area contributed by atoms with E-state index in [1.54, 1.807) is 0 Å². The number of rotatable bonds is 6. The molecule has 2 aromatic rings. The van der Waals surface area contributed by atoms with Crippen LogP contribution < -0.4 is 5.32 Å². The highest BCUT2D eigenvalue weighted by molar-refractivity contribution is 5.47. The number of nitrogens with one attached hydrogen (secondary N) is 1. The number of aryl methyl sites for hydroxylation is 1. The summed E-state index contributed by atoms with van der Waals surface area (Å²) in [4.78, 5) is 2.63. The van der Waals surface area contributed by atoms with E-state index < -0.39 is 0 Å². The Morgan fingerprint density at radius 2 is 1.83 bits per heavy atom. The zero-order valence-electron chi connectivity index (χ0n) is 13.7. The third-order valence-corrected chi connectivity index (χ3v) is 4.68. The monoisotopic (exact) mass is 306 g/mol. The Morgan fingerprint density at radius 1 is 1.04 bits per heavy atom. The second kappa shape index (κ2) is 8.09. The SMILES string of the molecule is C=Cc1ccc(CCC2CNCCN2Cc2ccccc2)cc1. The molecule has 2 nitrogen and oxygen atoms in total. The fraction of sp³-hybridized carbons (Fsp3) is 0.333. The van der Waals surface area contributed by atoms with Crippen molar-refractivity contribution in [3.05, 3.63) is 77.9 Å². The Kier molecular flexibility index (Phi) is 5.62. The standard InChI is InChI=1S/C21H26N2/c1-2-18-8-10-19(11-9-18)12-13-21-16-22-14-15-23(21)17-20-6-4-3-5-7-20/h2-11,21-22H,1,12-17H2. The predicted octanol–water partition coefficient (Wildman–Crippen LogP) is 3.74. The fourth-order valence-electron chi connectivity index (χ4n) is 3.27. The highest BCUT2D eigenvalue weighted by Crippen LogP contribution is 2.16. The molecular weight excluding hydrogens is 280 g/mol. The van der Waals surface area contributed by atoms with Crippen LogP contribution in [0.1, 0.15) is 23.1 Å². The molecule has 0 bridgehead atoms. The van der Waals surface area contributed by atoms with Gasteiger partial charge in [-0.25, -0.2) is 0 Å². The van der Waals surface area contributed by atoms with Crippen LogP contribution in [0.2, 0.25) is 0 Å². The van der Waals surface area contributed by atoms with Crippen molar-refractivity contribution < 1.29 is 0 Å². The summed E-state index contributed by atoms with van der Waals surface area (Å²) in [5.74, 6) is 0. The van der Waals surface area contributed by atoms with E-state index in [2.05, 4.69) is 71.4 Å². The Balaban J connectivity index is 1.58. The van der Waals surface area contributed by atoms with E-state index in [1.807, 2.05) is 6.08 Å². The molecule has 1 fully saturated rings. The normalized spacial score (nSPS) is 18.7. The Morgan fingerprint density at radius 3 is 2.57 bits per heavy atom.